The smallest absolute Gasteiger partial charge is 0.254 e. The minimum absolute atomic E-state index is 0.157. The molecule has 5 aliphatic rings. The predicted octanol–water partition coefficient (Wildman–Crippen LogP) is 3.66. The third-order valence-corrected chi connectivity index (χ3v) is 7.39. The van der Waals surface area contributed by atoms with Crippen LogP contribution in [0.1, 0.15) is 17.5 Å². The fraction of sp³-hybridized carbons (Fsp3) is 0.346. The van der Waals surface area contributed by atoms with Gasteiger partial charge in [-0.15, -0.1) is 0 Å². The van der Waals surface area contributed by atoms with Crippen molar-refractivity contribution in [2.24, 2.45) is 40.6 Å². The van der Waals surface area contributed by atoms with Gasteiger partial charge < -0.3 is 9.47 Å². The Hall–Kier alpha value is -3.41. The van der Waals surface area contributed by atoms with Crippen molar-refractivity contribution in [1.29, 1.82) is 0 Å². The molecule has 6 heteroatoms. The molecule has 0 spiro atoms. The summed E-state index contributed by atoms with van der Waals surface area (Å²) in [4.78, 5) is 26.1. The van der Waals surface area contributed by atoms with E-state index in [-0.39, 0.29) is 35.5 Å². The highest BCUT2D eigenvalue weighted by molar-refractivity contribution is 6.06. The number of ether oxygens (including phenoxy) is 2. The van der Waals surface area contributed by atoms with Gasteiger partial charge in [0.2, 0.25) is 0 Å². The molecular weight excluding hydrogens is 404 g/mol. The minimum Gasteiger partial charge on any atom is -0.493 e. The third kappa shape index (κ3) is 2.97. The van der Waals surface area contributed by atoms with Crippen LogP contribution in [-0.2, 0) is 16.2 Å². The van der Waals surface area contributed by atoms with Crippen molar-refractivity contribution in [2.45, 2.75) is 13.0 Å². The molecule has 2 aromatic rings. The van der Waals surface area contributed by atoms with Crippen LogP contribution in [0.2, 0.25) is 0 Å². The van der Waals surface area contributed by atoms with E-state index < -0.39 is 0 Å². The highest BCUT2D eigenvalue weighted by Gasteiger charge is 2.67. The first-order valence-corrected chi connectivity index (χ1v) is 11.1. The van der Waals surface area contributed by atoms with E-state index in [2.05, 4.69) is 17.3 Å². The molecule has 2 bridgehead atoms. The van der Waals surface area contributed by atoms with Gasteiger partial charge in [-0.2, -0.15) is 10.1 Å². The molecule has 6 nitrogen and oxygen atoms in total. The van der Waals surface area contributed by atoms with E-state index in [1.54, 1.807) is 19.4 Å². The van der Waals surface area contributed by atoms with Gasteiger partial charge >= 0.3 is 0 Å². The fourth-order valence-corrected chi connectivity index (χ4v) is 5.80. The number of rotatable bonds is 6. The molecule has 1 heterocycles. The molecule has 2 aromatic carbocycles. The predicted molar refractivity (Wildman–Crippen MR) is 118 cm³/mol. The highest BCUT2D eigenvalue weighted by atomic mass is 16.5. The molecule has 1 aliphatic heterocycles. The van der Waals surface area contributed by atoms with Crippen LogP contribution in [-0.4, -0.2) is 30.1 Å². The number of carbonyl (C=O) groups excluding carboxylic acids is 2. The van der Waals surface area contributed by atoms with Gasteiger partial charge in [-0.25, -0.2) is 0 Å². The van der Waals surface area contributed by atoms with Gasteiger partial charge in [0.1, 0.15) is 6.61 Å². The van der Waals surface area contributed by atoms with Gasteiger partial charge in [-0.05, 0) is 59.4 Å². The number of hydrogen-bond acceptors (Lipinski definition) is 5. The van der Waals surface area contributed by atoms with E-state index in [0.717, 1.165) is 22.6 Å². The van der Waals surface area contributed by atoms with E-state index in [0.29, 0.717) is 29.9 Å². The first kappa shape index (κ1) is 19.3. The van der Waals surface area contributed by atoms with E-state index >= 15 is 0 Å². The molecular formula is C26H24N2O4. The van der Waals surface area contributed by atoms with Gasteiger partial charge in [0.05, 0.1) is 25.2 Å². The Balaban J connectivity index is 1.18. The Morgan fingerprint density at radius 1 is 0.969 bits per heavy atom. The second kappa shape index (κ2) is 7.33. The molecule has 4 aliphatic carbocycles. The molecule has 162 valence electrons. The second-order valence-corrected chi connectivity index (χ2v) is 9.07. The first-order chi connectivity index (χ1) is 15.7. The maximum Gasteiger partial charge on any atom is 0.254 e. The summed E-state index contributed by atoms with van der Waals surface area (Å²) in [5.74, 6) is 1.98. The van der Waals surface area contributed by atoms with Crippen LogP contribution in [0.4, 0.5) is 0 Å². The molecule has 32 heavy (non-hydrogen) atoms. The van der Waals surface area contributed by atoms with Crippen LogP contribution in [0.15, 0.2) is 65.8 Å². The van der Waals surface area contributed by atoms with Crippen LogP contribution < -0.4 is 9.47 Å². The number of amides is 2. The Morgan fingerprint density at radius 2 is 1.66 bits per heavy atom. The number of allylic oxidation sites excluding steroid dienone is 2. The average molecular weight is 428 g/mol. The summed E-state index contributed by atoms with van der Waals surface area (Å²) in [6.45, 7) is 0.433. The molecule has 0 N–H and O–H groups in total. The number of benzene rings is 2. The monoisotopic (exact) mass is 428 g/mol. The molecule has 3 fully saturated rings. The van der Waals surface area contributed by atoms with Gasteiger partial charge in [0.15, 0.2) is 11.5 Å². The van der Waals surface area contributed by atoms with Crippen LogP contribution in [0, 0.1) is 35.5 Å². The molecule has 1 saturated heterocycles. The molecule has 0 aromatic heterocycles. The van der Waals surface area contributed by atoms with E-state index in [4.69, 9.17) is 9.47 Å². The van der Waals surface area contributed by atoms with Crippen molar-refractivity contribution >= 4 is 18.0 Å². The van der Waals surface area contributed by atoms with E-state index in [1.807, 2.05) is 42.5 Å². The topological polar surface area (TPSA) is 68.2 Å². The number of imide groups is 1. The normalized spacial score (nSPS) is 31.7. The zero-order valence-electron chi connectivity index (χ0n) is 17.8. The zero-order chi connectivity index (χ0) is 21.8. The van der Waals surface area contributed by atoms with Crippen molar-refractivity contribution in [3.8, 4) is 11.5 Å². The molecule has 2 saturated carbocycles. The van der Waals surface area contributed by atoms with Gasteiger partial charge in [0, 0.05) is 0 Å². The molecule has 7 rings (SSSR count). The van der Waals surface area contributed by atoms with Crippen molar-refractivity contribution < 1.29 is 19.1 Å². The lowest BCUT2D eigenvalue weighted by Crippen LogP contribution is -2.40. The largest absolute Gasteiger partial charge is 0.493 e. The summed E-state index contributed by atoms with van der Waals surface area (Å²) >= 11 is 0. The first-order valence-electron chi connectivity index (χ1n) is 11.1. The van der Waals surface area contributed by atoms with Crippen molar-refractivity contribution in [3.05, 3.63) is 71.8 Å². The molecule has 6 atom stereocenters. The van der Waals surface area contributed by atoms with Gasteiger partial charge in [0.25, 0.3) is 11.8 Å². The lowest BCUT2D eigenvalue weighted by Gasteiger charge is -2.37. The SMILES string of the molecule is COc1cc(/C=N\N2C(=O)[C@@H]3[C@H]4C=C[C@@H]([C@@H]5C[C@H]45)[C@H]3C2=O)ccc1OCc1ccccc1. The van der Waals surface area contributed by atoms with Crippen LogP contribution in [0.3, 0.4) is 0 Å². The third-order valence-electron chi connectivity index (χ3n) is 7.39. The highest BCUT2D eigenvalue weighted by Crippen LogP contribution is 2.65. The summed E-state index contributed by atoms with van der Waals surface area (Å²) < 4.78 is 11.4. The van der Waals surface area contributed by atoms with E-state index in [9.17, 15) is 9.59 Å². The minimum atomic E-state index is -0.235. The summed E-state index contributed by atoms with van der Waals surface area (Å²) in [6.07, 6.45) is 7.03. The summed E-state index contributed by atoms with van der Waals surface area (Å²) in [7, 11) is 1.58. The lowest BCUT2D eigenvalue weighted by molar-refractivity contribution is -0.140. The zero-order valence-corrected chi connectivity index (χ0v) is 17.8. The maximum atomic E-state index is 13.0. The summed E-state index contributed by atoms with van der Waals surface area (Å²) in [5.41, 5.74) is 1.79. The van der Waals surface area contributed by atoms with E-state index in [1.165, 1.54) is 0 Å². The molecule has 0 radical (unpaired) electrons. The van der Waals surface area contributed by atoms with Crippen molar-refractivity contribution in [2.75, 3.05) is 7.11 Å². The Labute approximate surface area is 186 Å². The lowest BCUT2D eigenvalue weighted by atomic mass is 9.63. The summed E-state index contributed by atoms with van der Waals surface area (Å²) in [5, 5.41) is 5.40. The van der Waals surface area contributed by atoms with Crippen LogP contribution >= 0.6 is 0 Å². The summed E-state index contributed by atoms with van der Waals surface area (Å²) in [6, 6.07) is 15.4. The van der Waals surface area contributed by atoms with Crippen molar-refractivity contribution in [3.63, 3.8) is 0 Å². The van der Waals surface area contributed by atoms with Crippen LogP contribution in [0.25, 0.3) is 0 Å². The Kier molecular flexibility index (Phi) is 4.42. The standard InChI is InChI=1S/C26H24N2O4/c1-31-22-11-16(7-10-21(22)32-14-15-5-3-2-4-6-15)13-27-28-25(29)23-17-8-9-18(20-12-19(17)20)24(23)26(28)30/h2-11,13,17-20,23-24H,12,14H2,1H3/b27-13-/t17-,18-,19-,20+,23+,24+/m0/s1. The van der Waals surface area contributed by atoms with Crippen LogP contribution in [0.5, 0.6) is 11.5 Å². The number of nitrogens with zero attached hydrogens (tertiary/aromatic N) is 2. The molecule has 2 amide bonds. The Bertz CT molecular complexity index is 1110. The molecule has 0 unspecified atom stereocenters. The second-order valence-electron chi connectivity index (χ2n) is 9.07. The van der Waals surface area contributed by atoms with Crippen molar-refractivity contribution in [1.82, 2.24) is 5.01 Å². The Morgan fingerprint density at radius 3 is 2.31 bits per heavy atom. The number of hydrazone groups is 1. The maximum absolute atomic E-state index is 13.0. The number of methoxy groups -OCH3 is 1. The number of hydrogen-bond donors (Lipinski definition) is 0. The fourth-order valence-electron chi connectivity index (χ4n) is 5.80. The average Bonchev–Trinajstić information content (AvgIpc) is 3.61. The number of carbonyl (C=O) groups is 2. The van der Waals surface area contributed by atoms with Gasteiger partial charge in [-0.3, -0.25) is 9.59 Å². The van der Waals surface area contributed by atoms with Gasteiger partial charge in [-0.1, -0.05) is 42.5 Å². The quantitative estimate of drug-likeness (QED) is 0.400.